The lowest BCUT2D eigenvalue weighted by molar-refractivity contribution is -0.384. The summed E-state index contributed by atoms with van der Waals surface area (Å²) in [7, 11) is 1.51. The van der Waals surface area contributed by atoms with Crippen LogP contribution >= 0.6 is 0 Å². The Balaban J connectivity index is 1.26. The molecular formula is C60H65N3O12. The Morgan fingerprint density at radius 1 is 0.947 bits per heavy atom. The highest BCUT2D eigenvalue weighted by molar-refractivity contribution is 6.03. The fourth-order valence-corrected chi connectivity index (χ4v) is 11.6. The number of fused-ring (bicyclic) bond motifs is 3. The molecule has 0 bridgehead atoms. The fourth-order valence-electron chi connectivity index (χ4n) is 11.6. The van der Waals surface area contributed by atoms with Crippen LogP contribution in [0.5, 0.6) is 23.0 Å². The zero-order valence-corrected chi connectivity index (χ0v) is 42.3. The maximum atomic E-state index is 15.6. The van der Waals surface area contributed by atoms with E-state index in [-0.39, 0.29) is 62.1 Å². The Morgan fingerprint density at radius 2 is 1.72 bits per heavy atom. The third-order valence-corrected chi connectivity index (χ3v) is 15.0. The molecule has 75 heavy (non-hydrogen) atoms. The number of nitro benzene ring substituents is 1. The number of oxime groups is 1. The van der Waals surface area contributed by atoms with Crippen molar-refractivity contribution in [3.8, 4) is 23.0 Å². The number of unbranched alkanes of at least 4 members (excludes halogenated alkanes) is 2. The van der Waals surface area contributed by atoms with Gasteiger partial charge in [0.2, 0.25) is 18.0 Å². The first kappa shape index (κ1) is 52.7. The predicted molar refractivity (Wildman–Crippen MR) is 285 cm³/mol. The normalized spacial score (nSPS) is 23.3. The van der Waals surface area contributed by atoms with Crippen molar-refractivity contribution in [2.75, 3.05) is 33.5 Å². The molecule has 0 aromatic heterocycles. The summed E-state index contributed by atoms with van der Waals surface area (Å²) < 4.78 is 32.9. The number of amides is 1. The number of aliphatic hydroxyl groups is 2. The van der Waals surface area contributed by atoms with Crippen LogP contribution in [0.4, 0.5) is 5.69 Å². The van der Waals surface area contributed by atoms with E-state index in [4.69, 9.17) is 33.7 Å². The van der Waals surface area contributed by atoms with Gasteiger partial charge >= 0.3 is 0 Å². The lowest BCUT2D eigenvalue weighted by Crippen LogP contribution is -2.70. The third-order valence-electron chi connectivity index (χ3n) is 15.0. The first-order chi connectivity index (χ1) is 36.7. The highest BCUT2D eigenvalue weighted by atomic mass is 16.8. The number of benzene rings is 5. The molecule has 392 valence electrons. The number of nitro groups is 1. The van der Waals surface area contributed by atoms with E-state index in [0.717, 1.165) is 72.3 Å². The molecule has 9 rings (SSSR count). The lowest BCUT2D eigenvalue weighted by Gasteiger charge is -2.60. The maximum absolute atomic E-state index is 15.6. The standard InChI is InChI=1S/C60H65N3O12/c1-3-32-72-60-55(62(38-43-16-12-15-41-13-4-5-17-48(41)43)56(67)29-22-40-20-23-45(24-21-40)63(68)69)37-52(61-75-57-19-8-11-33-71-57)50-35-42(14-6-9-30-64)49(18-7-10-31-65)58(59(50)60)51-36-47(26-28-54(51)74-60)73-46-25-27-53(70-2)44(34-46)39-66/h3-5,12-13,15-17,20-29,34-36,39,42,49,55,57-59,64-65H,1,6-11,14,18-19,30-33,37-38H2,2H3. The van der Waals surface area contributed by atoms with Crippen molar-refractivity contribution in [3.05, 3.63) is 166 Å². The molecule has 5 aromatic carbocycles. The number of non-ortho nitro benzene ring substituents is 1. The second-order valence-electron chi connectivity index (χ2n) is 19.6. The number of methoxy groups -OCH3 is 1. The van der Waals surface area contributed by atoms with Crippen LogP contribution in [-0.4, -0.2) is 89.6 Å². The van der Waals surface area contributed by atoms with E-state index in [0.29, 0.717) is 65.7 Å². The number of rotatable bonds is 23. The third kappa shape index (κ3) is 11.6. The summed E-state index contributed by atoms with van der Waals surface area (Å²) >= 11 is 0. The molecule has 15 heteroatoms. The highest BCUT2D eigenvalue weighted by Gasteiger charge is 2.65. The van der Waals surface area contributed by atoms with Gasteiger partial charge in [-0.05, 0) is 132 Å². The number of ether oxygens (including phenoxy) is 5. The molecule has 2 fully saturated rings. The molecule has 1 saturated carbocycles. The van der Waals surface area contributed by atoms with Gasteiger partial charge < -0.3 is 43.6 Å². The van der Waals surface area contributed by atoms with Crippen LogP contribution in [0.15, 0.2) is 139 Å². The summed E-state index contributed by atoms with van der Waals surface area (Å²) in [5.41, 5.74) is 4.09. The largest absolute Gasteiger partial charge is 0.496 e. The van der Waals surface area contributed by atoms with Gasteiger partial charge in [-0.3, -0.25) is 19.7 Å². The average Bonchev–Trinajstić information content (AvgIpc) is 3.44. The molecular weight excluding hydrogens is 955 g/mol. The number of nitrogens with zero attached hydrogens (tertiary/aromatic N) is 3. The molecule has 7 atom stereocenters. The molecule has 5 aromatic rings. The van der Waals surface area contributed by atoms with Gasteiger partial charge in [-0.15, -0.1) is 6.58 Å². The summed E-state index contributed by atoms with van der Waals surface area (Å²) in [6.45, 7) is 4.91. The minimum Gasteiger partial charge on any atom is -0.496 e. The minimum absolute atomic E-state index is 0.0263. The number of aliphatic hydroxyl groups excluding tert-OH is 2. The molecule has 1 amide bonds. The monoisotopic (exact) mass is 1020 g/mol. The van der Waals surface area contributed by atoms with Crippen molar-refractivity contribution in [1.29, 1.82) is 0 Å². The second-order valence-corrected chi connectivity index (χ2v) is 19.6. The van der Waals surface area contributed by atoms with Gasteiger partial charge in [-0.25, -0.2) is 0 Å². The highest BCUT2D eigenvalue weighted by Crippen LogP contribution is 2.62. The van der Waals surface area contributed by atoms with Gasteiger partial charge in [0, 0.05) is 62.3 Å². The van der Waals surface area contributed by atoms with Crippen LogP contribution < -0.4 is 14.2 Å². The molecule has 0 radical (unpaired) electrons. The molecule has 15 nitrogen and oxygen atoms in total. The van der Waals surface area contributed by atoms with Crippen molar-refractivity contribution in [2.45, 2.75) is 94.8 Å². The van der Waals surface area contributed by atoms with Crippen molar-refractivity contribution in [3.63, 3.8) is 0 Å². The van der Waals surface area contributed by atoms with Crippen molar-refractivity contribution in [1.82, 2.24) is 4.90 Å². The van der Waals surface area contributed by atoms with E-state index in [9.17, 15) is 25.1 Å². The van der Waals surface area contributed by atoms with Crippen LogP contribution in [0.3, 0.4) is 0 Å². The summed E-state index contributed by atoms with van der Waals surface area (Å²) in [5, 5.41) is 38.8. The summed E-state index contributed by atoms with van der Waals surface area (Å²) in [6.07, 6.45) is 14.1. The fraction of sp³-hybridized carbons (Fsp3) is 0.383. The molecule has 0 spiro atoms. The van der Waals surface area contributed by atoms with Crippen molar-refractivity contribution in [2.24, 2.45) is 22.9 Å². The molecule has 7 unspecified atom stereocenters. The lowest BCUT2D eigenvalue weighted by atomic mass is 9.55. The molecule has 2 heterocycles. The zero-order chi connectivity index (χ0) is 52.3. The van der Waals surface area contributed by atoms with Crippen molar-refractivity contribution >= 4 is 40.4 Å². The Hall–Kier alpha value is -7.17. The topological polar surface area (TPSA) is 189 Å². The Kier molecular flexibility index (Phi) is 17.2. The number of carbonyl (C=O) groups is 2. The van der Waals surface area contributed by atoms with Crippen LogP contribution in [0.2, 0.25) is 0 Å². The first-order valence-electron chi connectivity index (χ1n) is 26.0. The van der Waals surface area contributed by atoms with Crippen LogP contribution in [0.25, 0.3) is 16.8 Å². The van der Waals surface area contributed by atoms with E-state index in [2.05, 4.69) is 12.7 Å². The van der Waals surface area contributed by atoms with Crippen LogP contribution in [-0.2, 0) is 25.7 Å². The SMILES string of the molecule is C=CCOC12Oc3ccc(Oc4ccc(OC)c(C=O)c4)cc3C3C(CCCCO)C(CCCCO)C=C(C(=NOC4CCCCO4)CC1N(Cc1cccc4ccccc14)C(=O)C=Cc1ccc([N+](=O)[O-])cc1)C32. The van der Waals surface area contributed by atoms with Gasteiger partial charge in [0.15, 0.2) is 6.29 Å². The quantitative estimate of drug-likeness (QED) is 0.0158. The number of hydrogen-bond donors (Lipinski definition) is 2. The van der Waals surface area contributed by atoms with E-state index in [1.807, 2.05) is 60.7 Å². The van der Waals surface area contributed by atoms with E-state index >= 15 is 4.79 Å². The first-order valence-corrected chi connectivity index (χ1v) is 26.0. The second kappa shape index (κ2) is 24.5. The molecule has 2 N–H and O–H groups in total. The number of allylic oxidation sites excluding steroid dienone is 1. The Bertz CT molecular complexity index is 2920. The van der Waals surface area contributed by atoms with Gasteiger partial charge in [-0.2, -0.15) is 0 Å². The number of aldehydes is 1. The predicted octanol–water partition coefficient (Wildman–Crippen LogP) is 11.3. The number of carbonyl (C=O) groups excluding carboxylic acids is 2. The molecule has 1 saturated heterocycles. The zero-order valence-electron chi connectivity index (χ0n) is 42.3. The van der Waals surface area contributed by atoms with Crippen LogP contribution in [0, 0.1) is 27.9 Å². The number of hydrogen-bond acceptors (Lipinski definition) is 13. The Labute approximate surface area is 437 Å². The van der Waals surface area contributed by atoms with E-state index in [1.54, 1.807) is 47.4 Å². The Morgan fingerprint density at radius 3 is 2.47 bits per heavy atom. The molecule has 4 aliphatic rings. The molecule has 2 aliphatic carbocycles. The smallest absolute Gasteiger partial charge is 0.269 e. The van der Waals surface area contributed by atoms with Crippen molar-refractivity contribution < 1.29 is 53.2 Å². The van der Waals surface area contributed by atoms with Gasteiger partial charge in [0.25, 0.3) is 5.69 Å². The van der Waals surface area contributed by atoms with Gasteiger partial charge in [-0.1, -0.05) is 72.6 Å². The summed E-state index contributed by atoms with van der Waals surface area (Å²) in [4.78, 5) is 47.0. The van der Waals surface area contributed by atoms with Crippen LogP contribution in [0.1, 0.15) is 97.2 Å². The van der Waals surface area contributed by atoms with E-state index in [1.165, 1.54) is 25.3 Å². The average molecular weight is 1020 g/mol. The summed E-state index contributed by atoms with van der Waals surface area (Å²) in [6, 6.07) is 30.0. The van der Waals surface area contributed by atoms with Gasteiger partial charge in [0.1, 0.15) is 29.0 Å². The maximum Gasteiger partial charge on any atom is 0.269 e. The van der Waals surface area contributed by atoms with E-state index < -0.39 is 29.0 Å². The molecule has 2 aliphatic heterocycles. The van der Waals surface area contributed by atoms with Gasteiger partial charge in [0.05, 0.1) is 42.4 Å². The summed E-state index contributed by atoms with van der Waals surface area (Å²) in [5.74, 6) is -1.12. The minimum atomic E-state index is -1.58.